The van der Waals surface area contributed by atoms with Crippen molar-refractivity contribution in [2.75, 3.05) is 6.61 Å². The van der Waals surface area contributed by atoms with Crippen molar-refractivity contribution in [3.8, 4) is 0 Å². The lowest BCUT2D eigenvalue weighted by atomic mass is 10.2. The molecular weight excluding hydrogens is 236 g/mol. The molecule has 0 amide bonds. The minimum Gasteiger partial charge on any atom is -0.266 e. The van der Waals surface area contributed by atoms with Gasteiger partial charge in [0.15, 0.2) is 0 Å². The van der Waals surface area contributed by atoms with Gasteiger partial charge in [-0.1, -0.05) is 44.6 Å². The molecule has 4 heteroatoms. The Balaban J connectivity index is 2.65. The standard InChI is InChI=1S/C13H18O3S/c1-3-5-6-11-16-17(14,15)13-9-7-12(4-2)8-10-13/h4,7-10H,2-3,5-6,11H2,1H3. The van der Waals surface area contributed by atoms with E-state index in [9.17, 15) is 8.42 Å². The largest absolute Gasteiger partial charge is 0.296 e. The van der Waals surface area contributed by atoms with E-state index in [-0.39, 0.29) is 11.5 Å². The monoisotopic (exact) mass is 254 g/mol. The van der Waals surface area contributed by atoms with Gasteiger partial charge in [0.25, 0.3) is 10.1 Å². The van der Waals surface area contributed by atoms with Crippen LogP contribution in [0.15, 0.2) is 35.7 Å². The Morgan fingerprint density at radius 3 is 2.41 bits per heavy atom. The van der Waals surface area contributed by atoms with Crippen LogP contribution in [-0.2, 0) is 14.3 Å². The summed E-state index contributed by atoms with van der Waals surface area (Å²) in [6.07, 6.45) is 4.45. The maximum Gasteiger partial charge on any atom is 0.296 e. The second kappa shape index (κ2) is 6.57. The topological polar surface area (TPSA) is 43.4 Å². The first-order chi connectivity index (χ1) is 8.10. The van der Waals surface area contributed by atoms with Crippen LogP contribution in [0.25, 0.3) is 6.08 Å². The SMILES string of the molecule is C=Cc1ccc(S(=O)(=O)OCCCCC)cc1. The lowest BCUT2D eigenvalue weighted by Gasteiger charge is -2.05. The smallest absolute Gasteiger partial charge is 0.266 e. The quantitative estimate of drug-likeness (QED) is 0.554. The first kappa shape index (κ1) is 13.9. The second-order valence-electron chi connectivity index (χ2n) is 3.76. The zero-order valence-electron chi connectivity index (χ0n) is 10.1. The molecule has 17 heavy (non-hydrogen) atoms. The third-order valence-corrected chi connectivity index (χ3v) is 3.72. The molecule has 1 aromatic carbocycles. The minimum atomic E-state index is -3.60. The summed E-state index contributed by atoms with van der Waals surface area (Å²) in [5, 5.41) is 0. The summed E-state index contributed by atoms with van der Waals surface area (Å²) in [6, 6.07) is 6.48. The van der Waals surface area contributed by atoms with E-state index in [0.717, 1.165) is 24.8 Å². The summed E-state index contributed by atoms with van der Waals surface area (Å²) in [4.78, 5) is 0.194. The van der Waals surface area contributed by atoms with Gasteiger partial charge >= 0.3 is 0 Å². The fraction of sp³-hybridized carbons (Fsp3) is 0.385. The van der Waals surface area contributed by atoms with Gasteiger partial charge in [0.1, 0.15) is 0 Å². The van der Waals surface area contributed by atoms with Crippen molar-refractivity contribution in [1.82, 2.24) is 0 Å². The van der Waals surface area contributed by atoms with E-state index in [1.54, 1.807) is 18.2 Å². The van der Waals surface area contributed by atoms with E-state index in [1.807, 2.05) is 0 Å². The van der Waals surface area contributed by atoms with Crippen molar-refractivity contribution in [2.24, 2.45) is 0 Å². The molecule has 0 radical (unpaired) electrons. The Kier molecular flexibility index (Phi) is 5.38. The number of benzene rings is 1. The number of hydrogen-bond donors (Lipinski definition) is 0. The molecule has 1 aromatic rings. The summed E-state index contributed by atoms with van der Waals surface area (Å²) in [5.74, 6) is 0. The van der Waals surface area contributed by atoms with Crippen LogP contribution >= 0.6 is 0 Å². The zero-order chi connectivity index (χ0) is 12.7. The van der Waals surface area contributed by atoms with E-state index >= 15 is 0 Å². The van der Waals surface area contributed by atoms with Gasteiger partial charge in [0.05, 0.1) is 11.5 Å². The van der Waals surface area contributed by atoms with E-state index in [1.165, 1.54) is 12.1 Å². The number of hydrogen-bond acceptors (Lipinski definition) is 3. The van der Waals surface area contributed by atoms with Crippen LogP contribution in [0.4, 0.5) is 0 Å². The third-order valence-electron chi connectivity index (χ3n) is 2.39. The molecule has 0 saturated heterocycles. The average molecular weight is 254 g/mol. The first-order valence-electron chi connectivity index (χ1n) is 5.72. The molecule has 0 fully saturated rings. The molecule has 0 atom stereocenters. The van der Waals surface area contributed by atoms with Gasteiger partial charge in [-0.15, -0.1) is 0 Å². The number of unbranched alkanes of at least 4 members (excludes halogenated alkanes) is 2. The third kappa shape index (κ3) is 4.32. The van der Waals surface area contributed by atoms with Crippen LogP contribution in [0.3, 0.4) is 0 Å². The molecule has 0 aliphatic heterocycles. The Morgan fingerprint density at radius 2 is 1.88 bits per heavy atom. The van der Waals surface area contributed by atoms with Crippen molar-refractivity contribution in [1.29, 1.82) is 0 Å². The molecule has 0 spiro atoms. The predicted octanol–water partition coefficient (Wildman–Crippen LogP) is 3.23. The Labute approximate surface area is 103 Å². The second-order valence-corrected chi connectivity index (χ2v) is 5.37. The lowest BCUT2D eigenvalue weighted by Crippen LogP contribution is -2.07. The maximum absolute atomic E-state index is 11.7. The molecule has 0 aliphatic rings. The highest BCUT2D eigenvalue weighted by Crippen LogP contribution is 2.14. The lowest BCUT2D eigenvalue weighted by molar-refractivity contribution is 0.308. The van der Waals surface area contributed by atoms with Crippen LogP contribution < -0.4 is 0 Å². The molecule has 0 saturated carbocycles. The highest BCUT2D eigenvalue weighted by Gasteiger charge is 2.14. The molecule has 0 unspecified atom stereocenters. The zero-order valence-corrected chi connectivity index (χ0v) is 10.9. The Bertz CT molecular complexity index is 446. The van der Waals surface area contributed by atoms with E-state index in [0.29, 0.717) is 0 Å². The van der Waals surface area contributed by atoms with Crippen LogP contribution in [-0.4, -0.2) is 15.0 Å². The average Bonchev–Trinajstić information content (AvgIpc) is 2.35. The van der Waals surface area contributed by atoms with Crippen molar-refractivity contribution in [2.45, 2.75) is 31.1 Å². The van der Waals surface area contributed by atoms with E-state index in [4.69, 9.17) is 4.18 Å². The van der Waals surface area contributed by atoms with E-state index in [2.05, 4.69) is 13.5 Å². The Hall–Kier alpha value is -1.13. The van der Waals surface area contributed by atoms with Gasteiger partial charge in [-0.2, -0.15) is 8.42 Å². The van der Waals surface area contributed by atoms with Crippen LogP contribution in [0.2, 0.25) is 0 Å². The van der Waals surface area contributed by atoms with Gasteiger partial charge in [-0.3, -0.25) is 4.18 Å². The summed E-state index contributed by atoms with van der Waals surface area (Å²) >= 11 is 0. The molecule has 0 bridgehead atoms. The Morgan fingerprint density at radius 1 is 1.24 bits per heavy atom. The summed E-state index contributed by atoms with van der Waals surface area (Å²) < 4.78 is 28.4. The summed E-state index contributed by atoms with van der Waals surface area (Å²) in [7, 11) is -3.60. The maximum atomic E-state index is 11.7. The van der Waals surface area contributed by atoms with Gasteiger partial charge < -0.3 is 0 Å². The summed E-state index contributed by atoms with van der Waals surface area (Å²) in [5.41, 5.74) is 0.884. The fourth-order valence-corrected chi connectivity index (χ4v) is 2.30. The van der Waals surface area contributed by atoms with Crippen molar-refractivity contribution in [3.63, 3.8) is 0 Å². The predicted molar refractivity (Wildman–Crippen MR) is 69.2 cm³/mol. The molecule has 0 heterocycles. The number of rotatable bonds is 7. The van der Waals surface area contributed by atoms with Crippen molar-refractivity contribution < 1.29 is 12.6 Å². The van der Waals surface area contributed by atoms with Gasteiger partial charge in [0.2, 0.25) is 0 Å². The van der Waals surface area contributed by atoms with Crippen LogP contribution in [0.5, 0.6) is 0 Å². The van der Waals surface area contributed by atoms with Gasteiger partial charge in [-0.05, 0) is 24.1 Å². The van der Waals surface area contributed by atoms with Crippen molar-refractivity contribution >= 4 is 16.2 Å². The summed E-state index contributed by atoms with van der Waals surface area (Å²) in [6.45, 7) is 5.92. The fourth-order valence-electron chi connectivity index (χ4n) is 1.36. The molecule has 0 aliphatic carbocycles. The molecular formula is C13H18O3S. The highest BCUT2D eigenvalue weighted by atomic mass is 32.2. The highest BCUT2D eigenvalue weighted by molar-refractivity contribution is 7.86. The molecule has 0 aromatic heterocycles. The van der Waals surface area contributed by atoms with Gasteiger partial charge in [0, 0.05) is 0 Å². The molecule has 94 valence electrons. The minimum absolute atomic E-state index is 0.194. The van der Waals surface area contributed by atoms with Crippen LogP contribution in [0, 0.1) is 0 Å². The molecule has 0 N–H and O–H groups in total. The molecule has 3 nitrogen and oxygen atoms in total. The van der Waals surface area contributed by atoms with Gasteiger partial charge in [-0.25, -0.2) is 0 Å². The normalized spacial score (nSPS) is 11.4. The first-order valence-corrected chi connectivity index (χ1v) is 7.13. The van der Waals surface area contributed by atoms with Crippen LogP contribution in [0.1, 0.15) is 31.7 Å². The molecule has 1 rings (SSSR count). The van der Waals surface area contributed by atoms with E-state index < -0.39 is 10.1 Å². The van der Waals surface area contributed by atoms with Crippen molar-refractivity contribution in [3.05, 3.63) is 36.4 Å².